The van der Waals surface area contributed by atoms with E-state index in [1.807, 2.05) is 4.57 Å². The Morgan fingerprint density at radius 2 is 2.04 bits per heavy atom. The van der Waals surface area contributed by atoms with E-state index in [0.29, 0.717) is 17.9 Å². The van der Waals surface area contributed by atoms with Gasteiger partial charge < -0.3 is 13.7 Å². The van der Waals surface area contributed by atoms with Crippen molar-refractivity contribution in [2.45, 2.75) is 65.4 Å². The molecule has 0 aliphatic heterocycles. The molecule has 0 amide bonds. The lowest BCUT2D eigenvalue weighted by molar-refractivity contribution is -0.142. The van der Waals surface area contributed by atoms with E-state index in [-0.39, 0.29) is 23.7 Å². The third-order valence-electron chi connectivity index (χ3n) is 4.77. The molecule has 1 atom stereocenters. The van der Waals surface area contributed by atoms with Gasteiger partial charge in [0.15, 0.2) is 14.0 Å². The number of imidazole rings is 1. The lowest BCUT2D eigenvalue weighted by Crippen LogP contribution is -2.42. The zero-order valence-corrected chi connectivity index (χ0v) is 17.2. The van der Waals surface area contributed by atoms with Gasteiger partial charge in [-0.2, -0.15) is 0 Å². The quantitative estimate of drug-likeness (QED) is 0.577. The van der Waals surface area contributed by atoms with Crippen LogP contribution in [-0.2, 0) is 20.6 Å². The smallest absolute Gasteiger partial charge is 0.303 e. The molecule has 25 heavy (non-hydrogen) atoms. The maximum atomic E-state index is 11.2. The number of carbonyl (C=O) groups is 1. The summed E-state index contributed by atoms with van der Waals surface area (Å²) in [7, 11) is -1.85. The van der Waals surface area contributed by atoms with Gasteiger partial charge in [-0.1, -0.05) is 20.8 Å². The summed E-state index contributed by atoms with van der Waals surface area (Å²) in [4.78, 5) is 24.1. The van der Waals surface area contributed by atoms with Crippen molar-refractivity contribution < 1.29 is 14.0 Å². The number of ether oxygens (including phenoxy) is 1. The molecule has 2 aromatic heterocycles. The summed E-state index contributed by atoms with van der Waals surface area (Å²) >= 11 is 0. The molecule has 0 aliphatic rings. The summed E-state index contributed by atoms with van der Waals surface area (Å²) in [6.45, 7) is 15.2. The summed E-state index contributed by atoms with van der Waals surface area (Å²) < 4.78 is 13.5. The second-order valence-corrected chi connectivity index (χ2v) is 12.6. The molecule has 0 aromatic carbocycles. The average Bonchev–Trinajstić information content (AvgIpc) is 2.88. The summed E-state index contributed by atoms with van der Waals surface area (Å²) in [5, 5.41) is 0.145. The van der Waals surface area contributed by atoms with Crippen molar-refractivity contribution in [3.8, 4) is 0 Å². The summed E-state index contributed by atoms with van der Waals surface area (Å²) in [5.41, 5.74) is 1.41. The molecule has 0 aliphatic carbocycles. The molecule has 8 heteroatoms. The minimum Gasteiger partial charge on any atom is -0.458 e. The number of hydrogen-bond donors (Lipinski definition) is 0. The van der Waals surface area contributed by atoms with E-state index in [4.69, 9.17) is 9.16 Å². The number of esters is 1. The molecule has 7 nitrogen and oxygen atoms in total. The highest BCUT2D eigenvalue weighted by atomic mass is 28.4. The Bertz CT molecular complexity index is 752. The van der Waals surface area contributed by atoms with Gasteiger partial charge in [-0.3, -0.25) is 4.79 Å². The summed E-state index contributed by atoms with van der Waals surface area (Å²) in [5.74, 6) is 0.312. The van der Waals surface area contributed by atoms with Crippen molar-refractivity contribution in [1.82, 2.24) is 19.5 Å². The molecule has 2 rings (SSSR count). The number of nitrogens with zero attached hydrogens (tertiary/aromatic N) is 4. The maximum absolute atomic E-state index is 11.2. The zero-order chi connectivity index (χ0) is 18.8. The first-order valence-electron chi connectivity index (χ1n) is 8.47. The van der Waals surface area contributed by atoms with Crippen LogP contribution in [0.25, 0.3) is 11.2 Å². The largest absolute Gasteiger partial charge is 0.458 e. The highest BCUT2D eigenvalue weighted by Gasteiger charge is 2.37. The van der Waals surface area contributed by atoms with Crippen LogP contribution in [0.1, 0.15) is 46.5 Å². The Balaban J connectivity index is 2.28. The van der Waals surface area contributed by atoms with Crippen LogP contribution in [-0.4, -0.2) is 40.4 Å². The van der Waals surface area contributed by atoms with Gasteiger partial charge in [0.1, 0.15) is 24.3 Å². The van der Waals surface area contributed by atoms with Crippen LogP contribution in [0.2, 0.25) is 18.1 Å². The number of hydrogen-bond acceptors (Lipinski definition) is 6. The topological polar surface area (TPSA) is 79.1 Å². The zero-order valence-electron chi connectivity index (χ0n) is 16.2. The van der Waals surface area contributed by atoms with Gasteiger partial charge in [0.2, 0.25) is 0 Å². The van der Waals surface area contributed by atoms with E-state index in [0.717, 1.165) is 5.65 Å². The molecular formula is C17H28N4O3Si. The fourth-order valence-electron chi connectivity index (χ4n) is 2.25. The fourth-order valence-corrected chi connectivity index (χ4v) is 3.34. The number of fused-ring (bicyclic) bond motifs is 1. The van der Waals surface area contributed by atoms with E-state index in [2.05, 4.69) is 55.7 Å². The molecular weight excluding hydrogens is 336 g/mol. The van der Waals surface area contributed by atoms with E-state index < -0.39 is 8.32 Å². The first-order chi connectivity index (χ1) is 11.5. The minimum atomic E-state index is -1.85. The van der Waals surface area contributed by atoms with Crippen molar-refractivity contribution in [1.29, 1.82) is 0 Å². The highest BCUT2D eigenvalue weighted by Crippen LogP contribution is 2.37. The Morgan fingerprint density at radius 1 is 1.36 bits per heavy atom. The average molecular weight is 365 g/mol. The van der Waals surface area contributed by atoms with Crippen LogP contribution in [0.3, 0.4) is 0 Å². The monoisotopic (exact) mass is 364 g/mol. The van der Waals surface area contributed by atoms with Gasteiger partial charge >= 0.3 is 5.97 Å². The van der Waals surface area contributed by atoms with Crippen LogP contribution in [0.4, 0.5) is 0 Å². The van der Waals surface area contributed by atoms with Gasteiger partial charge in [0, 0.05) is 6.92 Å². The molecule has 0 radical (unpaired) electrons. The SMILES string of the molecule is CC(=O)OCc1nc2cncnc2n1[C@@H](C)CO[Si](C)(C)C(C)(C)C. The van der Waals surface area contributed by atoms with E-state index in [1.54, 1.807) is 6.20 Å². The van der Waals surface area contributed by atoms with E-state index >= 15 is 0 Å². The summed E-state index contributed by atoms with van der Waals surface area (Å²) in [6.07, 6.45) is 3.16. The van der Waals surface area contributed by atoms with Crippen molar-refractivity contribution >= 4 is 25.5 Å². The van der Waals surface area contributed by atoms with Crippen molar-refractivity contribution in [2.75, 3.05) is 6.61 Å². The molecule has 0 saturated heterocycles. The van der Waals surface area contributed by atoms with Crippen molar-refractivity contribution in [3.05, 3.63) is 18.3 Å². The molecule has 138 valence electrons. The maximum Gasteiger partial charge on any atom is 0.303 e. The van der Waals surface area contributed by atoms with Crippen LogP contribution in [0.15, 0.2) is 12.5 Å². The Kier molecular flexibility index (Phi) is 5.63. The van der Waals surface area contributed by atoms with Crippen molar-refractivity contribution in [2.24, 2.45) is 0 Å². The first kappa shape index (κ1) is 19.5. The second kappa shape index (κ2) is 7.21. The van der Waals surface area contributed by atoms with Crippen LogP contribution in [0.5, 0.6) is 0 Å². The third-order valence-corrected chi connectivity index (χ3v) is 9.27. The predicted molar refractivity (Wildman–Crippen MR) is 98.7 cm³/mol. The second-order valence-electron chi connectivity index (χ2n) is 7.83. The van der Waals surface area contributed by atoms with Crippen LogP contribution in [0, 0.1) is 0 Å². The summed E-state index contributed by atoms with van der Waals surface area (Å²) in [6, 6.07) is 0.0135. The lowest BCUT2D eigenvalue weighted by Gasteiger charge is -2.37. The van der Waals surface area contributed by atoms with Gasteiger partial charge in [-0.25, -0.2) is 15.0 Å². The van der Waals surface area contributed by atoms with Gasteiger partial charge in [-0.15, -0.1) is 0 Å². The fraction of sp³-hybridized carbons (Fsp3) is 0.647. The van der Waals surface area contributed by atoms with Gasteiger partial charge in [0.05, 0.1) is 18.8 Å². The van der Waals surface area contributed by atoms with Gasteiger partial charge in [-0.05, 0) is 25.1 Å². The molecule has 0 bridgehead atoms. The highest BCUT2D eigenvalue weighted by molar-refractivity contribution is 6.74. The standard InChI is InChI=1S/C17H28N4O3Si/c1-12(9-24-25(6,7)17(3,4)5)21-15(10-23-13(2)22)20-14-8-18-11-19-16(14)21/h8,11-12H,9-10H2,1-7H3/t12-/m0/s1. The number of carbonyl (C=O) groups excluding carboxylic acids is 1. The molecule has 0 spiro atoms. The molecule has 2 heterocycles. The normalized spacial score (nSPS) is 13.9. The first-order valence-corrected chi connectivity index (χ1v) is 11.4. The molecule has 0 saturated carbocycles. The third kappa shape index (κ3) is 4.43. The Morgan fingerprint density at radius 3 is 2.64 bits per heavy atom. The van der Waals surface area contributed by atoms with Gasteiger partial charge in [0.25, 0.3) is 0 Å². The minimum absolute atomic E-state index is 0.0135. The molecule has 0 unspecified atom stereocenters. The lowest BCUT2D eigenvalue weighted by atomic mass is 10.2. The van der Waals surface area contributed by atoms with Crippen LogP contribution >= 0.6 is 0 Å². The number of aromatic nitrogens is 4. The number of rotatable bonds is 6. The van der Waals surface area contributed by atoms with E-state index in [9.17, 15) is 4.79 Å². The van der Waals surface area contributed by atoms with Crippen LogP contribution < -0.4 is 0 Å². The Labute approximate surface area is 149 Å². The molecule has 2 aromatic rings. The predicted octanol–water partition coefficient (Wildman–Crippen LogP) is 3.47. The molecule has 0 N–H and O–H groups in total. The van der Waals surface area contributed by atoms with Crippen molar-refractivity contribution in [3.63, 3.8) is 0 Å². The molecule has 0 fully saturated rings. The van der Waals surface area contributed by atoms with E-state index in [1.165, 1.54) is 13.3 Å². The Hall–Kier alpha value is -1.80.